The van der Waals surface area contributed by atoms with E-state index in [4.69, 9.17) is 9.47 Å². The standard InChI is InChI=1S/C12H15F4NO2/c1-17-10(11(18-2)19-3)7-4-5-9(13)8(6-7)12(14,15)16/h4-6,10-11,17H,1-3H3. The van der Waals surface area contributed by atoms with E-state index in [0.29, 0.717) is 0 Å². The van der Waals surface area contributed by atoms with Crippen molar-refractivity contribution in [1.29, 1.82) is 0 Å². The van der Waals surface area contributed by atoms with Gasteiger partial charge in [-0.2, -0.15) is 13.2 Å². The quantitative estimate of drug-likeness (QED) is 0.665. The number of hydrogen-bond acceptors (Lipinski definition) is 3. The summed E-state index contributed by atoms with van der Waals surface area (Å²) in [6.45, 7) is 0. The number of likely N-dealkylation sites (N-methyl/N-ethyl adjacent to an activating group) is 1. The van der Waals surface area contributed by atoms with E-state index in [1.54, 1.807) is 7.05 Å². The third-order valence-corrected chi connectivity index (χ3v) is 2.70. The molecule has 0 aliphatic heterocycles. The highest BCUT2D eigenvalue weighted by Crippen LogP contribution is 2.33. The van der Waals surface area contributed by atoms with Crippen LogP contribution in [0.1, 0.15) is 17.2 Å². The predicted molar refractivity (Wildman–Crippen MR) is 61.0 cm³/mol. The number of ether oxygens (including phenoxy) is 2. The number of rotatable bonds is 5. The van der Waals surface area contributed by atoms with Gasteiger partial charge in [-0.1, -0.05) is 6.07 Å². The molecule has 0 heterocycles. The molecule has 7 heteroatoms. The second kappa shape index (κ2) is 6.31. The van der Waals surface area contributed by atoms with E-state index in [1.807, 2.05) is 0 Å². The summed E-state index contributed by atoms with van der Waals surface area (Å²) in [5.74, 6) is -1.31. The van der Waals surface area contributed by atoms with E-state index in [-0.39, 0.29) is 5.56 Å². The number of alkyl halides is 3. The van der Waals surface area contributed by atoms with Gasteiger partial charge in [0.15, 0.2) is 6.29 Å². The largest absolute Gasteiger partial charge is 0.419 e. The van der Waals surface area contributed by atoms with Gasteiger partial charge in [-0.25, -0.2) is 4.39 Å². The van der Waals surface area contributed by atoms with Gasteiger partial charge in [0.25, 0.3) is 0 Å². The van der Waals surface area contributed by atoms with Gasteiger partial charge in [0, 0.05) is 14.2 Å². The first-order chi connectivity index (χ1) is 8.85. The van der Waals surface area contributed by atoms with Crippen LogP contribution in [0.25, 0.3) is 0 Å². The van der Waals surface area contributed by atoms with E-state index < -0.39 is 29.9 Å². The van der Waals surface area contributed by atoms with Gasteiger partial charge in [-0.15, -0.1) is 0 Å². The number of hydrogen-bond donors (Lipinski definition) is 1. The fourth-order valence-electron chi connectivity index (χ4n) is 1.78. The highest BCUT2D eigenvalue weighted by Gasteiger charge is 2.35. The van der Waals surface area contributed by atoms with Gasteiger partial charge >= 0.3 is 6.18 Å². The van der Waals surface area contributed by atoms with Crippen molar-refractivity contribution in [2.45, 2.75) is 18.5 Å². The molecule has 108 valence electrons. The maximum atomic E-state index is 13.2. The van der Waals surface area contributed by atoms with Crippen molar-refractivity contribution in [3.05, 3.63) is 35.1 Å². The lowest BCUT2D eigenvalue weighted by Gasteiger charge is -2.25. The molecule has 0 spiro atoms. The molecule has 0 aliphatic carbocycles. The first-order valence-electron chi connectivity index (χ1n) is 5.44. The van der Waals surface area contributed by atoms with Crippen molar-refractivity contribution < 1.29 is 27.0 Å². The Hall–Kier alpha value is -1.18. The van der Waals surface area contributed by atoms with Gasteiger partial charge in [-0.3, -0.25) is 0 Å². The lowest BCUT2D eigenvalue weighted by atomic mass is 10.0. The summed E-state index contributed by atoms with van der Waals surface area (Å²) >= 11 is 0. The van der Waals surface area contributed by atoms with Gasteiger partial charge in [0.1, 0.15) is 5.82 Å². The van der Waals surface area contributed by atoms with Crippen molar-refractivity contribution in [2.75, 3.05) is 21.3 Å². The number of halogens is 4. The SMILES string of the molecule is CNC(c1ccc(F)c(C(F)(F)F)c1)C(OC)OC. The molecule has 1 atom stereocenters. The molecule has 0 amide bonds. The lowest BCUT2D eigenvalue weighted by molar-refractivity contribution is -0.140. The van der Waals surface area contributed by atoms with Gasteiger partial charge < -0.3 is 14.8 Å². The Labute approximate surface area is 108 Å². The Balaban J connectivity index is 3.19. The molecule has 0 radical (unpaired) electrons. The van der Waals surface area contributed by atoms with Crippen molar-refractivity contribution in [2.24, 2.45) is 0 Å². The minimum Gasteiger partial charge on any atom is -0.354 e. The Morgan fingerprint density at radius 3 is 2.16 bits per heavy atom. The molecule has 1 rings (SSSR count). The first-order valence-corrected chi connectivity index (χ1v) is 5.44. The third kappa shape index (κ3) is 3.65. The molecule has 1 aromatic carbocycles. The second-order valence-electron chi connectivity index (χ2n) is 3.84. The van der Waals surface area contributed by atoms with E-state index in [2.05, 4.69) is 5.32 Å². The van der Waals surface area contributed by atoms with Crippen molar-refractivity contribution in [3.8, 4) is 0 Å². The molecule has 1 aromatic rings. The van der Waals surface area contributed by atoms with Crippen LogP contribution in [-0.2, 0) is 15.7 Å². The fraction of sp³-hybridized carbons (Fsp3) is 0.500. The molecule has 0 aromatic heterocycles. The van der Waals surface area contributed by atoms with Crippen LogP contribution in [0.2, 0.25) is 0 Å². The molecule has 19 heavy (non-hydrogen) atoms. The Morgan fingerprint density at radius 2 is 1.74 bits per heavy atom. The normalized spacial score (nSPS) is 13.9. The van der Waals surface area contributed by atoms with E-state index in [0.717, 1.165) is 12.1 Å². The minimum absolute atomic E-state index is 0.227. The summed E-state index contributed by atoms with van der Waals surface area (Å²) in [6.07, 6.45) is -5.52. The number of nitrogens with one attached hydrogen (secondary N) is 1. The third-order valence-electron chi connectivity index (χ3n) is 2.70. The molecule has 0 fully saturated rings. The molecule has 1 unspecified atom stereocenters. The Kier molecular flexibility index (Phi) is 5.28. The van der Waals surface area contributed by atoms with Crippen molar-refractivity contribution >= 4 is 0 Å². The van der Waals surface area contributed by atoms with Crippen LogP contribution in [0.5, 0.6) is 0 Å². The summed E-state index contributed by atoms with van der Waals surface area (Å²) in [4.78, 5) is 0. The molecule has 0 saturated carbocycles. The Morgan fingerprint density at radius 1 is 1.16 bits per heavy atom. The van der Waals surface area contributed by atoms with E-state index >= 15 is 0 Å². The van der Waals surface area contributed by atoms with Crippen LogP contribution in [-0.4, -0.2) is 27.6 Å². The zero-order chi connectivity index (χ0) is 14.6. The number of benzene rings is 1. The van der Waals surface area contributed by atoms with Crippen molar-refractivity contribution in [3.63, 3.8) is 0 Å². The van der Waals surface area contributed by atoms with Crippen LogP contribution < -0.4 is 5.32 Å². The summed E-state index contributed by atoms with van der Waals surface area (Å²) in [5, 5.41) is 2.78. The summed E-state index contributed by atoms with van der Waals surface area (Å²) < 4.78 is 61.1. The molecular formula is C12H15F4NO2. The average Bonchev–Trinajstić information content (AvgIpc) is 2.35. The summed E-state index contributed by atoms with van der Waals surface area (Å²) in [6, 6.07) is 2.15. The molecular weight excluding hydrogens is 266 g/mol. The van der Waals surface area contributed by atoms with Crippen LogP contribution in [0.4, 0.5) is 17.6 Å². The molecule has 0 bridgehead atoms. The van der Waals surface area contributed by atoms with Crippen LogP contribution in [0, 0.1) is 5.82 Å². The van der Waals surface area contributed by atoms with E-state index in [9.17, 15) is 17.6 Å². The summed E-state index contributed by atoms with van der Waals surface area (Å²) in [5.41, 5.74) is -1.08. The lowest BCUT2D eigenvalue weighted by Crippen LogP contribution is -2.32. The zero-order valence-electron chi connectivity index (χ0n) is 10.7. The smallest absolute Gasteiger partial charge is 0.354 e. The second-order valence-corrected chi connectivity index (χ2v) is 3.84. The van der Waals surface area contributed by atoms with Crippen LogP contribution >= 0.6 is 0 Å². The highest BCUT2D eigenvalue weighted by atomic mass is 19.4. The topological polar surface area (TPSA) is 30.5 Å². The number of methoxy groups -OCH3 is 2. The minimum atomic E-state index is -4.74. The van der Waals surface area contributed by atoms with Gasteiger partial charge in [-0.05, 0) is 24.7 Å². The average molecular weight is 281 g/mol. The fourth-order valence-corrected chi connectivity index (χ4v) is 1.78. The van der Waals surface area contributed by atoms with Gasteiger partial charge in [0.2, 0.25) is 0 Å². The molecule has 0 saturated heterocycles. The molecule has 3 nitrogen and oxygen atoms in total. The molecule has 0 aliphatic rings. The Bertz CT molecular complexity index is 419. The first kappa shape index (κ1) is 15.9. The zero-order valence-corrected chi connectivity index (χ0v) is 10.7. The maximum Gasteiger partial charge on any atom is 0.419 e. The van der Waals surface area contributed by atoms with Gasteiger partial charge in [0.05, 0.1) is 11.6 Å². The van der Waals surface area contributed by atoms with Crippen LogP contribution in [0.3, 0.4) is 0 Å². The van der Waals surface area contributed by atoms with E-state index in [1.165, 1.54) is 20.3 Å². The monoisotopic (exact) mass is 281 g/mol. The summed E-state index contributed by atoms with van der Waals surface area (Å²) in [7, 11) is 4.28. The molecule has 1 N–H and O–H groups in total. The van der Waals surface area contributed by atoms with Crippen LogP contribution in [0.15, 0.2) is 18.2 Å². The maximum absolute atomic E-state index is 13.2. The predicted octanol–water partition coefficient (Wildman–Crippen LogP) is 2.72. The van der Waals surface area contributed by atoms with Crippen molar-refractivity contribution in [1.82, 2.24) is 5.32 Å². The highest BCUT2D eigenvalue weighted by molar-refractivity contribution is 5.29.